The zero-order valence-corrected chi connectivity index (χ0v) is 12.0. The SMILES string of the molecule is CC(CC(C)(C)F)c1ccc(C(C)(C)C)cc1. The first-order valence-corrected chi connectivity index (χ1v) is 6.39. The van der Waals surface area contributed by atoms with E-state index in [1.54, 1.807) is 13.8 Å². The van der Waals surface area contributed by atoms with Crippen molar-refractivity contribution in [1.82, 2.24) is 0 Å². The van der Waals surface area contributed by atoms with E-state index >= 15 is 0 Å². The average Bonchev–Trinajstić information content (AvgIpc) is 2.14. The minimum Gasteiger partial charge on any atom is -0.244 e. The molecule has 0 aromatic heterocycles. The van der Waals surface area contributed by atoms with E-state index in [1.165, 1.54) is 11.1 Å². The molecule has 0 amide bonds. The molecule has 1 unspecified atom stereocenters. The van der Waals surface area contributed by atoms with Gasteiger partial charge in [-0.2, -0.15) is 0 Å². The summed E-state index contributed by atoms with van der Waals surface area (Å²) < 4.78 is 13.6. The van der Waals surface area contributed by atoms with Gasteiger partial charge in [0.2, 0.25) is 0 Å². The number of alkyl halides is 1. The Kier molecular flexibility index (Phi) is 4.01. The van der Waals surface area contributed by atoms with Crippen molar-refractivity contribution in [1.29, 1.82) is 0 Å². The third-order valence-corrected chi connectivity index (χ3v) is 3.14. The summed E-state index contributed by atoms with van der Waals surface area (Å²) >= 11 is 0. The fraction of sp³-hybridized carbons (Fsp3) is 0.625. The van der Waals surface area contributed by atoms with Crippen molar-refractivity contribution in [2.45, 2.75) is 65.0 Å². The standard InChI is InChI=1S/C16H25F/c1-12(11-16(5,6)17)13-7-9-14(10-8-13)15(2,3)4/h7-10,12H,11H2,1-6H3. The Labute approximate surface area is 105 Å². The molecule has 0 aliphatic carbocycles. The first-order valence-electron chi connectivity index (χ1n) is 6.39. The van der Waals surface area contributed by atoms with Crippen molar-refractivity contribution in [3.05, 3.63) is 35.4 Å². The lowest BCUT2D eigenvalue weighted by Crippen LogP contribution is -2.16. The summed E-state index contributed by atoms with van der Waals surface area (Å²) in [4.78, 5) is 0. The quantitative estimate of drug-likeness (QED) is 0.674. The van der Waals surface area contributed by atoms with E-state index < -0.39 is 5.67 Å². The van der Waals surface area contributed by atoms with E-state index in [2.05, 4.69) is 52.0 Å². The molecule has 17 heavy (non-hydrogen) atoms. The molecule has 0 aliphatic rings. The zero-order valence-electron chi connectivity index (χ0n) is 12.0. The van der Waals surface area contributed by atoms with Crippen LogP contribution in [0.1, 0.15) is 65.0 Å². The maximum atomic E-state index is 13.6. The van der Waals surface area contributed by atoms with Crippen molar-refractivity contribution in [3.63, 3.8) is 0 Å². The predicted molar refractivity (Wildman–Crippen MR) is 73.4 cm³/mol. The normalized spacial score (nSPS) is 14.8. The monoisotopic (exact) mass is 236 g/mol. The lowest BCUT2D eigenvalue weighted by atomic mass is 9.84. The van der Waals surface area contributed by atoms with E-state index in [0.29, 0.717) is 6.42 Å². The summed E-state index contributed by atoms with van der Waals surface area (Å²) in [7, 11) is 0. The molecule has 1 aromatic carbocycles. The Balaban J connectivity index is 2.81. The van der Waals surface area contributed by atoms with Crippen LogP contribution in [0.4, 0.5) is 4.39 Å². The van der Waals surface area contributed by atoms with Crippen LogP contribution in [0.2, 0.25) is 0 Å². The molecule has 0 saturated carbocycles. The number of benzene rings is 1. The van der Waals surface area contributed by atoms with Crippen LogP contribution in [-0.2, 0) is 5.41 Å². The maximum absolute atomic E-state index is 13.6. The van der Waals surface area contributed by atoms with Gasteiger partial charge in [-0.25, -0.2) is 4.39 Å². The Morgan fingerprint density at radius 1 is 1.00 bits per heavy atom. The third kappa shape index (κ3) is 4.49. The summed E-state index contributed by atoms with van der Waals surface area (Å²) in [5, 5.41) is 0. The van der Waals surface area contributed by atoms with Gasteiger partial charge in [-0.05, 0) is 42.7 Å². The first kappa shape index (κ1) is 14.2. The summed E-state index contributed by atoms with van der Waals surface area (Å²) in [6.45, 7) is 12.0. The largest absolute Gasteiger partial charge is 0.244 e. The molecule has 1 heteroatoms. The molecule has 0 radical (unpaired) electrons. The molecule has 0 N–H and O–H groups in total. The topological polar surface area (TPSA) is 0 Å². The molecule has 96 valence electrons. The summed E-state index contributed by atoms with van der Waals surface area (Å²) in [6, 6.07) is 8.60. The summed E-state index contributed by atoms with van der Waals surface area (Å²) in [5.41, 5.74) is 1.64. The van der Waals surface area contributed by atoms with Crippen LogP contribution in [0.5, 0.6) is 0 Å². The van der Waals surface area contributed by atoms with Gasteiger partial charge in [-0.3, -0.25) is 0 Å². The molecule has 0 bridgehead atoms. The van der Waals surface area contributed by atoms with Crippen LogP contribution < -0.4 is 0 Å². The Morgan fingerprint density at radius 3 is 1.82 bits per heavy atom. The number of hydrogen-bond donors (Lipinski definition) is 0. The van der Waals surface area contributed by atoms with E-state index in [0.717, 1.165) is 0 Å². The zero-order chi connectivity index (χ0) is 13.3. The lowest BCUT2D eigenvalue weighted by Gasteiger charge is -2.22. The first-order chi connectivity index (χ1) is 7.59. The van der Waals surface area contributed by atoms with E-state index in [9.17, 15) is 4.39 Å². The second-order valence-electron chi connectivity index (χ2n) is 6.70. The van der Waals surface area contributed by atoms with Gasteiger partial charge in [0, 0.05) is 0 Å². The van der Waals surface area contributed by atoms with Crippen molar-refractivity contribution < 1.29 is 4.39 Å². The second-order valence-corrected chi connectivity index (χ2v) is 6.70. The molecule has 0 heterocycles. The van der Waals surface area contributed by atoms with Crippen molar-refractivity contribution in [3.8, 4) is 0 Å². The minimum atomic E-state index is -1.10. The van der Waals surface area contributed by atoms with Crippen LogP contribution in [0.15, 0.2) is 24.3 Å². The van der Waals surface area contributed by atoms with E-state index in [-0.39, 0.29) is 11.3 Å². The molecular formula is C16H25F. The molecule has 0 spiro atoms. The van der Waals surface area contributed by atoms with Crippen molar-refractivity contribution in [2.75, 3.05) is 0 Å². The van der Waals surface area contributed by atoms with Gasteiger partial charge >= 0.3 is 0 Å². The Morgan fingerprint density at radius 2 is 1.47 bits per heavy atom. The molecule has 0 aliphatic heterocycles. The average molecular weight is 236 g/mol. The second kappa shape index (κ2) is 4.80. The number of halogens is 1. The molecule has 1 aromatic rings. The van der Waals surface area contributed by atoms with E-state index in [4.69, 9.17) is 0 Å². The minimum absolute atomic E-state index is 0.182. The fourth-order valence-electron chi connectivity index (χ4n) is 2.16. The van der Waals surface area contributed by atoms with Gasteiger partial charge in [0.15, 0.2) is 0 Å². The predicted octanol–water partition coefficient (Wildman–Crippen LogP) is 5.23. The van der Waals surface area contributed by atoms with Crippen LogP contribution in [0.3, 0.4) is 0 Å². The van der Waals surface area contributed by atoms with Crippen LogP contribution in [0.25, 0.3) is 0 Å². The van der Waals surface area contributed by atoms with Crippen LogP contribution in [-0.4, -0.2) is 5.67 Å². The molecular weight excluding hydrogens is 211 g/mol. The van der Waals surface area contributed by atoms with Gasteiger partial charge in [-0.15, -0.1) is 0 Å². The highest BCUT2D eigenvalue weighted by molar-refractivity contribution is 5.29. The highest BCUT2D eigenvalue weighted by Crippen LogP contribution is 2.29. The fourth-order valence-corrected chi connectivity index (χ4v) is 2.16. The third-order valence-electron chi connectivity index (χ3n) is 3.14. The number of rotatable bonds is 3. The Bertz CT molecular complexity index is 349. The number of hydrogen-bond acceptors (Lipinski definition) is 0. The Hall–Kier alpha value is -0.850. The van der Waals surface area contributed by atoms with Gasteiger partial charge in [-0.1, -0.05) is 52.0 Å². The van der Waals surface area contributed by atoms with Gasteiger partial charge in [0.25, 0.3) is 0 Å². The molecule has 0 saturated heterocycles. The highest BCUT2D eigenvalue weighted by atomic mass is 19.1. The van der Waals surface area contributed by atoms with Crippen LogP contribution >= 0.6 is 0 Å². The van der Waals surface area contributed by atoms with Crippen LogP contribution in [0, 0.1) is 0 Å². The highest BCUT2D eigenvalue weighted by Gasteiger charge is 2.21. The van der Waals surface area contributed by atoms with Gasteiger partial charge < -0.3 is 0 Å². The van der Waals surface area contributed by atoms with E-state index in [1.807, 2.05) is 0 Å². The van der Waals surface area contributed by atoms with Gasteiger partial charge in [0.05, 0.1) is 0 Å². The molecule has 0 fully saturated rings. The lowest BCUT2D eigenvalue weighted by molar-refractivity contribution is 0.190. The molecule has 0 nitrogen and oxygen atoms in total. The van der Waals surface area contributed by atoms with Gasteiger partial charge in [0.1, 0.15) is 5.67 Å². The molecule has 1 atom stereocenters. The molecule has 1 rings (SSSR count). The summed E-state index contributed by atoms with van der Waals surface area (Å²) in [5.74, 6) is 0.268. The smallest absolute Gasteiger partial charge is 0.106 e. The van der Waals surface area contributed by atoms with Crippen molar-refractivity contribution >= 4 is 0 Å². The maximum Gasteiger partial charge on any atom is 0.106 e. The van der Waals surface area contributed by atoms with Crippen molar-refractivity contribution in [2.24, 2.45) is 0 Å². The summed E-state index contributed by atoms with van der Waals surface area (Å²) in [6.07, 6.45) is 0.571.